The molecule has 80 valence electrons. The second kappa shape index (κ2) is 9.97. The van der Waals surface area contributed by atoms with E-state index in [1.54, 1.807) is 0 Å². The molecule has 1 atom stereocenters. The van der Waals surface area contributed by atoms with E-state index in [1.807, 2.05) is 0 Å². The maximum atomic E-state index is 12.9. The summed E-state index contributed by atoms with van der Waals surface area (Å²) in [5.74, 6) is 0. The monoisotopic (exact) mass is 189 g/mol. The first kappa shape index (κ1) is 12.9. The van der Waals surface area contributed by atoms with Crippen molar-refractivity contribution in [3.05, 3.63) is 0 Å². The average Bonchev–Trinajstić information content (AvgIpc) is 2.11. The predicted molar refractivity (Wildman–Crippen MR) is 56.6 cm³/mol. The molecule has 1 nitrogen and oxygen atoms in total. The lowest BCUT2D eigenvalue weighted by Crippen LogP contribution is -2.08. The van der Waals surface area contributed by atoms with Gasteiger partial charge in [0.2, 0.25) is 0 Å². The Morgan fingerprint density at radius 3 is 2.23 bits per heavy atom. The number of unbranched alkanes of at least 4 members (excludes halogenated alkanes) is 5. The Hall–Kier alpha value is -0.110. The van der Waals surface area contributed by atoms with Crippen LogP contribution >= 0.6 is 0 Å². The molecule has 0 radical (unpaired) electrons. The highest BCUT2D eigenvalue weighted by atomic mass is 19.1. The van der Waals surface area contributed by atoms with Crippen molar-refractivity contribution in [2.45, 2.75) is 64.5 Å². The molecule has 0 heterocycles. The summed E-state index contributed by atoms with van der Waals surface area (Å²) in [5, 5.41) is 0. The quantitative estimate of drug-likeness (QED) is 0.552. The molecule has 0 fully saturated rings. The number of rotatable bonds is 9. The normalized spacial score (nSPS) is 13.2. The Balaban J connectivity index is 2.97. The van der Waals surface area contributed by atoms with Crippen molar-refractivity contribution >= 4 is 0 Å². The van der Waals surface area contributed by atoms with E-state index in [1.165, 1.54) is 32.1 Å². The highest BCUT2D eigenvalue weighted by Gasteiger charge is 2.03. The molecule has 0 amide bonds. The molecule has 0 saturated carbocycles. The molecule has 0 aromatic heterocycles. The Morgan fingerprint density at radius 1 is 1.00 bits per heavy atom. The average molecular weight is 189 g/mol. The maximum Gasteiger partial charge on any atom is 0.101 e. The van der Waals surface area contributed by atoms with Crippen LogP contribution in [0, 0.1) is 0 Å². The Labute approximate surface area is 81.9 Å². The van der Waals surface area contributed by atoms with Gasteiger partial charge in [-0.2, -0.15) is 0 Å². The third kappa shape index (κ3) is 9.81. The van der Waals surface area contributed by atoms with E-state index >= 15 is 0 Å². The Morgan fingerprint density at radius 2 is 1.62 bits per heavy atom. The molecule has 13 heavy (non-hydrogen) atoms. The second-order valence-corrected chi connectivity index (χ2v) is 3.73. The zero-order valence-corrected chi connectivity index (χ0v) is 8.90. The largest absolute Gasteiger partial charge is 0.330 e. The van der Waals surface area contributed by atoms with Gasteiger partial charge >= 0.3 is 0 Å². The van der Waals surface area contributed by atoms with Crippen molar-refractivity contribution < 1.29 is 4.39 Å². The summed E-state index contributed by atoms with van der Waals surface area (Å²) < 4.78 is 12.9. The molecule has 0 aliphatic heterocycles. The molecule has 2 N–H and O–H groups in total. The van der Waals surface area contributed by atoms with Crippen LogP contribution in [-0.2, 0) is 0 Å². The lowest BCUT2D eigenvalue weighted by Gasteiger charge is -2.05. The first-order valence-electron chi connectivity index (χ1n) is 5.65. The lowest BCUT2D eigenvalue weighted by atomic mass is 10.1. The van der Waals surface area contributed by atoms with E-state index in [2.05, 4.69) is 6.92 Å². The molecular weight excluding hydrogens is 165 g/mol. The molecule has 0 saturated heterocycles. The Kier molecular flexibility index (Phi) is 9.89. The van der Waals surface area contributed by atoms with Crippen LogP contribution in [-0.4, -0.2) is 12.7 Å². The number of halogens is 1. The van der Waals surface area contributed by atoms with Gasteiger partial charge < -0.3 is 5.73 Å². The smallest absolute Gasteiger partial charge is 0.101 e. The summed E-state index contributed by atoms with van der Waals surface area (Å²) in [6.07, 6.45) is 7.98. The van der Waals surface area contributed by atoms with Gasteiger partial charge in [-0.3, -0.25) is 0 Å². The summed E-state index contributed by atoms with van der Waals surface area (Å²) in [4.78, 5) is 0. The van der Waals surface area contributed by atoms with Crippen LogP contribution in [0.1, 0.15) is 58.3 Å². The summed E-state index contributed by atoms with van der Waals surface area (Å²) in [5.41, 5.74) is 5.26. The van der Waals surface area contributed by atoms with Gasteiger partial charge in [-0.15, -0.1) is 0 Å². The van der Waals surface area contributed by atoms with Crippen LogP contribution in [0.15, 0.2) is 0 Å². The van der Waals surface area contributed by atoms with Crippen LogP contribution in [0.4, 0.5) is 4.39 Å². The molecule has 1 unspecified atom stereocenters. The molecule has 0 aromatic carbocycles. The van der Waals surface area contributed by atoms with E-state index in [-0.39, 0.29) is 0 Å². The lowest BCUT2D eigenvalue weighted by molar-refractivity contribution is 0.291. The van der Waals surface area contributed by atoms with Crippen molar-refractivity contribution in [2.24, 2.45) is 5.73 Å². The van der Waals surface area contributed by atoms with E-state index in [0.29, 0.717) is 19.4 Å². The SMILES string of the molecule is CCCCCCCCC(F)CCN. The van der Waals surface area contributed by atoms with Crippen molar-refractivity contribution in [1.82, 2.24) is 0 Å². The zero-order valence-electron chi connectivity index (χ0n) is 8.90. The minimum Gasteiger partial charge on any atom is -0.330 e. The van der Waals surface area contributed by atoms with Crippen LogP contribution in [0.25, 0.3) is 0 Å². The van der Waals surface area contributed by atoms with Gasteiger partial charge in [-0.1, -0.05) is 45.4 Å². The minimum atomic E-state index is -0.656. The van der Waals surface area contributed by atoms with E-state index in [0.717, 1.165) is 6.42 Å². The van der Waals surface area contributed by atoms with E-state index in [9.17, 15) is 4.39 Å². The molecule has 0 rings (SSSR count). The number of nitrogens with two attached hydrogens (primary N) is 1. The summed E-state index contributed by atoms with van der Waals surface area (Å²) >= 11 is 0. The van der Waals surface area contributed by atoms with Gasteiger partial charge in [0.1, 0.15) is 6.17 Å². The Bertz CT molecular complexity index is 96.1. The highest BCUT2D eigenvalue weighted by Crippen LogP contribution is 2.11. The fraction of sp³-hybridized carbons (Fsp3) is 1.00. The first-order valence-corrected chi connectivity index (χ1v) is 5.65. The number of hydrogen-bond acceptors (Lipinski definition) is 1. The van der Waals surface area contributed by atoms with Gasteiger partial charge in [0.05, 0.1) is 0 Å². The van der Waals surface area contributed by atoms with Crippen molar-refractivity contribution in [2.75, 3.05) is 6.54 Å². The molecule has 2 heteroatoms. The van der Waals surface area contributed by atoms with Crippen LogP contribution in [0.2, 0.25) is 0 Å². The van der Waals surface area contributed by atoms with Gasteiger partial charge in [0, 0.05) is 0 Å². The minimum absolute atomic E-state index is 0.483. The fourth-order valence-electron chi connectivity index (χ4n) is 1.47. The topological polar surface area (TPSA) is 26.0 Å². The molecule has 0 aromatic rings. The van der Waals surface area contributed by atoms with Gasteiger partial charge in [0.15, 0.2) is 0 Å². The molecule has 0 aliphatic carbocycles. The van der Waals surface area contributed by atoms with Crippen LogP contribution in [0.3, 0.4) is 0 Å². The zero-order chi connectivity index (χ0) is 9.94. The van der Waals surface area contributed by atoms with Gasteiger partial charge in [-0.25, -0.2) is 4.39 Å². The van der Waals surface area contributed by atoms with Gasteiger partial charge in [-0.05, 0) is 19.4 Å². The predicted octanol–water partition coefficient (Wildman–Crippen LogP) is 3.42. The second-order valence-electron chi connectivity index (χ2n) is 3.73. The molecule has 0 spiro atoms. The van der Waals surface area contributed by atoms with E-state index < -0.39 is 6.17 Å². The third-order valence-corrected chi connectivity index (χ3v) is 2.35. The standard InChI is InChI=1S/C11H24FN/c1-2-3-4-5-6-7-8-11(12)9-10-13/h11H,2-10,13H2,1H3. The summed E-state index contributed by atoms with van der Waals surface area (Å²) in [6.45, 7) is 2.69. The third-order valence-electron chi connectivity index (χ3n) is 2.35. The summed E-state index contributed by atoms with van der Waals surface area (Å²) in [6, 6.07) is 0. The maximum absolute atomic E-state index is 12.9. The fourth-order valence-corrected chi connectivity index (χ4v) is 1.47. The van der Waals surface area contributed by atoms with Gasteiger partial charge in [0.25, 0.3) is 0 Å². The molecule has 0 bridgehead atoms. The van der Waals surface area contributed by atoms with Crippen LogP contribution < -0.4 is 5.73 Å². The van der Waals surface area contributed by atoms with Crippen molar-refractivity contribution in [3.8, 4) is 0 Å². The molecular formula is C11H24FN. The number of hydrogen-bond donors (Lipinski definition) is 1. The summed E-state index contributed by atoms with van der Waals surface area (Å²) in [7, 11) is 0. The highest BCUT2D eigenvalue weighted by molar-refractivity contribution is 4.56. The molecule has 0 aliphatic rings. The number of alkyl halides is 1. The van der Waals surface area contributed by atoms with E-state index in [4.69, 9.17) is 5.73 Å². The van der Waals surface area contributed by atoms with Crippen molar-refractivity contribution in [1.29, 1.82) is 0 Å². The first-order chi connectivity index (χ1) is 6.31. The van der Waals surface area contributed by atoms with Crippen LogP contribution in [0.5, 0.6) is 0 Å². The van der Waals surface area contributed by atoms with Crippen molar-refractivity contribution in [3.63, 3.8) is 0 Å².